The van der Waals surface area contributed by atoms with Gasteiger partial charge in [0.1, 0.15) is 11.3 Å². The van der Waals surface area contributed by atoms with Gasteiger partial charge in [0.2, 0.25) is 0 Å². The molecule has 0 unspecified atom stereocenters. The van der Waals surface area contributed by atoms with Crippen LogP contribution in [0.5, 0.6) is 0 Å². The summed E-state index contributed by atoms with van der Waals surface area (Å²) >= 11 is 1.55. The summed E-state index contributed by atoms with van der Waals surface area (Å²) in [6.45, 7) is 2.22. The summed E-state index contributed by atoms with van der Waals surface area (Å²) in [5.74, 6) is 0.453. The van der Waals surface area contributed by atoms with Crippen LogP contribution >= 0.6 is 11.3 Å². The van der Waals surface area contributed by atoms with Gasteiger partial charge in [-0.25, -0.2) is 14.9 Å². The fourth-order valence-corrected chi connectivity index (χ4v) is 6.00. The predicted molar refractivity (Wildman–Crippen MR) is 150 cm³/mol. The van der Waals surface area contributed by atoms with Gasteiger partial charge in [0, 0.05) is 22.0 Å². The molecule has 0 fully saturated rings. The van der Waals surface area contributed by atoms with E-state index in [0.717, 1.165) is 30.3 Å². The minimum atomic E-state index is -0.491. The van der Waals surface area contributed by atoms with Crippen molar-refractivity contribution in [1.82, 2.24) is 15.2 Å². The third-order valence-corrected chi connectivity index (χ3v) is 8.25. The number of nitrogens with zero attached hydrogens (tertiary/aromatic N) is 3. The number of carbonyl (C=O) groups excluding carboxylic acids is 1. The third-order valence-electron chi connectivity index (χ3n) is 7.02. The molecule has 2 aromatic carbocycles. The van der Waals surface area contributed by atoms with Gasteiger partial charge < -0.3 is 4.42 Å². The van der Waals surface area contributed by atoms with Gasteiger partial charge in [0.05, 0.1) is 22.3 Å². The molecule has 3 heterocycles. The molecule has 1 aliphatic rings. The maximum absolute atomic E-state index is 12.9. The summed E-state index contributed by atoms with van der Waals surface area (Å²) in [6, 6.07) is 20.7. The largest absolute Gasteiger partial charge is 0.422 e. The highest BCUT2D eigenvalue weighted by Gasteiger charge is 2.22. The molecule has 0 bridgehead atoms. The average molecular weight is 523 g/mol. The molecule has 3 aromatic heterocycles. The SMILES string of the molecule is CC[C@H]1CCc2sc(C(=O)N/N=C\c3cn(-c4ccccc4)nc3-c3cc4ccccc4oc3=O)cc2C1. The topological polar surface area (TPSA) is 89.5 Å². The number of hydrazone groups is 1. The quantitative estimate of drug-likeness (QED) is 0.169. The summed E-state index contributed by atoms with van der Waals surface area (Å²) < 4.78 is 7.24. The molecule has 1 amide bonds. The van der Waals surface area contributed by atoms with Crippen LogP contribution in [0.3, 0.4) is 0 Å². The van der Waals surface area contributed by atoms with E-state index in [1.54, 1.807) is 34.3 Å². The lowest BCUT2D eigenvalue weighted by atomic mass is 9.87. The molecule has 0 radical (unpaired) electrons. The summed E-state index contributed by atoms with van der Waals surface area (Å²) in [7, 11) is 0. The van der Waals surface area contributed by atoms with Crippen molar-refractivity contribution < 1.29 is 9.21 Å². The van der Waals surface area contributed by atoms with Crippen LogP contribution in [0, 0.1) is 5.92 Å². The van der Waals surface area contributed by atoms with E-state index in [0.29, 0.717) is 33.2 Å². The van der Waals surface area contributed by atoms with Gasteiger partial charge in [-0.15, -0.1) is 11.3 Å². The normalized spacial score (nSPS) is 15.1. The summed E-state index contributed by atoms with van der Waals surface area (Å²) in [6.07, 6.45) is 7.72. The van der Waals surface area contributed by atoms with Crippen LogP contribution in [0.4, 0.5) is 0 Å². The van der Waals surface area contributed by atoms with Crippen LogP contribution in [-0.2, 0) is 12.8 Å². The lowest BCUT2D eigenvalue weighted by Crippen LogP contribution is -2.16. The number of thiophene rings is 1. The third kappa shape index (κ3) is 4.70. The van der Waals surface area contributed by atoms with Gasteiger partial charge >= 0.3 is 5.63 Å². The Morgan fingerprint density at radius 1 is 1.18 bits per heavy atom. The van der Waals surface area contributed by atoms with Crippen molar-refractivity contribution in [2.24, 2.45) is 11.0 Å². The summed E-state index contributed by atoms with van der Waals surface area (Å²) in [5, 5.41) is 9.72. The zero-order valence-corrected chi connectivity index (χ0v) is 21.7. The zero-order chi connectivity index (χ0) is 26.1. The molecule has 38 heavy (non-hydrogen) atoms. The highest BCUT2D eigenvalue weighted by Crippen LogP contribution is 2.33. The first-order valence-electron chi connectivity index (χ1n) is 12.7. The Morgan fingerprint density at radius 2 is 2.00 bits per heavy atom. The molecule has 1 aliphatic carbocycles. The van der Waals surface area contributed by atoms with Crippen LogP contribution in [0.25, 0.3) is 27.9 Å². The number of hydrogen-bond acceptors (Lipinski definition) is 6. The summed E-state index contributed by atoms with van der Waals surface area (Å²) in [4.78, 5) is 27.8. The van der Waals surface area contributed by atoms with E-state index in [-0.39, 0.29) is 5.91 Å². The van der Waals surface area contributed by atoms with Crippen molar-refractivity contribution >= 4 is 34.4 Å². The monoisotopic (exact) mass is 522 g/mol. The van der Waals surface area contributed by atoms with E-state index in [1.165, 1.54) is 23.1 Å². The lowest BCUT2D eigenvalue weighted by Gasteiger charge is -2.19. The molecular formula is C30H26N4O3S. The number of rotatable bonds is 6. The average Bonchev–Trinajstić information content (AvgIpc) is 3.57. The van der Waals surface area contributed by atoms with Crippen molar-refractivity contribution in [3.8, 4) is 16.9 Å². The maximum Gasteiger partial charge on any atom is 0.345 e. The first-order valence-corrected chi connectivity index (χ1v) is 13.5. The number of hydrogen-bond donors (Lipinski definition) is 1. The predicted octanol–water partition coefficient (Wildman–Crippen LogP) is 5.99. The fraction of sp³-hybridized carbons (Fsp3) is 0.200. The van der Waals surface area contributed by atoms with E-state index < -0.39 is 5.63 Å². The molecule has 1 N–H and O–H groups in total. The van der Waals surface area contributed by atoms with E-state index in [2.05, 4.69) is 22.5 Å². The van der Waals surface area contributed by atoms with Crippen LogP contribution in [-0.4, -0.2) is 21.9 Å². The van der Waals surface area contributed by atoms with Crippen LogP contribution < -0.4 is 11.1 Å². The van der Waals surface area contributed by atoms with E-state index >= 15 is 0 Å². The van der Waals surface area contributed by atoms with Crippen molar-refractivity contribution in [2.75, 3.05) is 0 Å². The second-order valence-corrected chi connectivity index (χ2v) is 10.6. The number of para-hydroxylation sites is 2. The van der Waals surface area contributed by atoms with Gasteiger partial charge in [-0.2, -0.15) is 10.2 Å². The highest BCUT2D eigenvalue weighted by atomic mass is 32.1. The number of benzene rings is 2. The van der Waals surface area contributed by atoms with Crippen LogP contribution in [0.15, 0.2) is 87.2 Å². The first kappa shape index (κ1) is 24.1. The number of nitrogens with one attached hydrogen (secondary N) is 1. The molecule has 1 atom stereocenters. The molecule has 7 nitrogen and oxygen atoms in total. The van der Waals surface area contributed by atoms with Gasteiger partial charge in [0.25, 0.3) is 5.91 Å². The molecule has 0 saturated heterocycles. The lowest BCUT2D eigenvalue weighted by molar-refractivity contribution is 0.0959. The Hall–Kier alpha value is -4.30. The highest BCUT2D eigenvalue weighted by molar-refractivity contribution is 7.14. The second kappa shape index (κ2) is 10.2. The maximum atomic E-state index is 12.9. The Balaban J connectivity index is 1.31. The zero-order valence-electron chi connectivity index (χ0n) is 20.9. The Morgan fingerprint density at radius 3 is 2.84 bits per heavy atom. The molecule has 0 aliphatic heterocycles. The number of carbonyl (C=O) groups is 1. The molecule has 8 heteroatoms. The van der Waals surface area contributed by atoms with Gasteiger partial charge in [-0.05, 0) is 61.1 Å². The second-order valence-electron chi connectivity index (χ2n) is 9.47. The van der Waals surface area contributed by atoms with E-state index in [1.807, 2.05) is 54.6 Å². The minimum absolute atomic E-state index is 0.240. The number of amides is 1. The van der Waals surface area contributed by atoms with E-state index in [9.17, 15) is 9.59 Å². The van der Waals surface area contributed by atoms with Crippen molar-refractivity contribution in [3.63, 3.8) is 0 Å². The van der Waals surface area contributed by atoms with Crippen molar-refractivity contribution in [2.45, 2.75) is 32.6 Å². The molecule has 5 aromatic rings. The summed E-state index contributed by atoms with van der Waals surface area (Å²) in [5.41, 5.74) is 6.11. The van der Waals surface area contributed by atoms with Crippen LogP contribution in [0.1, 0.15) is 45.4 Å². The van der Waals surface area contributed by atoms with Crippen molar-refractivity contribution in [1.29, 1.82) is 0 Å². The Kier molecular flexibility index (Phi) is 6.47. The molecular weight excluding hydrogens is 496 g/mol. The van der Waals surface area contributed by atoms with Crippen LogP contribution in [0.2, 0.25) is 0 Å². The Bertz CT molecular complexity index is 1710. The minimum Gasteiger partial charge on any atom is -0.422 e. The Labute approximate surface area is 223 Å². The number of aromatic nitrogens is 2. The number of aryl methyl sites for hydroxylation is 1. The molecule has 6 rings (SSSR count). The number of fused-ring (bicyclic) bond motifs is 2. The van der Waals surface area contributed by atoms with Gasteiger partial charge in [0.15, 0.2) is 0 Å². The van der Waals surface area contributed by atoms with Gasteiger partial charge in [-0.3, -0.25) is 4.79 Å². The smallest absolute Gasteiger partial charge is 0.345 e. The van der Waals surface area contributed by atoms with Gasteiger partial charge in [-0.1, -0.05) is 49.7 Å². The van der Waals surface area contributed by atoms with Crippen molar-refractivity contribution in [3.05, 3.63) is 104 Å². The molecule has 190 valence electrons. The standard InChI is InChI=1S/C30H26N4O3S/c1-2-19-12-13-26-21(14-19)16-27(38-26)29(35)32-31-17-22-18-34(23-9-4-3-5-10-23)33-28(22)24-15-20-8-6-7-11-25(20)37-30(24)36/h3-11,15-19H,2,12-14H2,1H3,(H,32,35)/b31-17-/t19-/m0/s1. The fourth-order valence-electron chi connectivity index (χ4n) is 4.91. The first-order chi connectivity index (χ1) is 18.6. The van der Waals surface area contributed by atoms with E-state index in [4.69, 9.17) is 4.42 Å². The molecule has 0 saturated carbocycles. The molecule has 0 spiro atoms.